The Morgan fingerprint density at radius 2 is 1.94 bits per heavy atom. The van der Waals surface area contributed by atoms with Gasteiger partial charge in [-0.05, 0) is 39.7 Å². The molecular weight excluding hydrogens is 430 g/mol. The van der Waals surface area contributed by atoms with Crippen LogP contribution in [-0.4, -0.2) is 73.5 Å². The number of aliphatic imine (C=N–C) groups is 1. The maximum Gasteiger partial charge on any atom is 0.435 e. The first-order valence-electron chi connectivity index (χ1n) is 10.6. The highest BCUT2D eigenvalue weighted by Crippen LogP contribution is 2.24. The van der Waals surface area contributed by atoms with Crippen LogP contribution in [0.1, 0.15) is 40.5 Å². The molecule has 1 fully saturated rings. The van der Waals surface area contributed by atoms with Crippen molar-refractivity contribution in [3.63, 3.8) is 0 Å². The zero-order valence-corrected chi connectivity index (χ0v) is 20.0. The molecule has 1 aliphatic heterocycles. The summed E-state index contributed by atoms with van der Waals surface area (Å²) < 4.78 is 21.0. The van der Waals surface area contributed by atoms with Crippen molar-refractivity contribution in [1.82, 2.24) is 4.90 Å². The van der Waals surface area contributed by atoms with Gasteiger partial charge in [-0.25, -0.2) is 14.4 Å². The fraction of sp³-hybridized carbons (Fsp3) is 0.565. The maximum absolute atomic E-state index is 12.6. The summed E-state index contributed by atoms with van der Waals surface area (Å²) in [6, 6.07) is -0.831. The lowest BCUT2D eigenvalue weighted by Gasteiger charge is -2.27. The number of carbonyl (C=O) groups is 3. The van der Waals surface area contributed by atoms with Crippen molar-refractivity contribution in [2.75, 3.05) is 26.9 Å². The standard InChI is InChI=1S/C23H35N3O7/c1-7-9-10-16(19(24)25-21(28)30-6)11-13-31-17-14-18(20(27)32-12-8-2)26(15-17)22(29)33-23(3,4)5/h7-9,11,17-18H,2,10,12-15H2,1,3-6H3,(H2,24,25,28)/b9-7-,16-11+/t17-,18+/m0/s1. The first-order chi connectivity index (χ1) is 15.5. The lowest BCUT2D eigenvalue weighted by Crippen LogP contribution is -2.44. The largest absolute Gasteiger partial charge is 0.460 e. The molecule has 0 aliphatic carbocycles. The van der Waals surface area contributed by atoms with Gasteiger partial charge in [0, 0.05) is 6.42 Å². The highest BCUT2D eigenvalue weighted by molar-refractivity contribution is 6.02. The Morgan fingerprint density at radius 1 is 1.24 bits per heavy atom. The first-order valence-corrected chi connectivity index (χ1v) is 10.6. The van der Waals surface area contributed by atoms with Crippen molar-refractivity contribution in [2.45, 2.75) is 58.3 Å². The van der Waals surface area contributed by atoms with E-state index in [-0.39, 0.29) is 32.0 Å². The number of methoxy groups -OCH3 is 1. The topological polar surface area (TPSA) is 130 Å². The minimum absolute atomic E-state index is 0.0243. The SMILES string of the molecule is C=CCOC(=O)[C@H]1C[C@H](OC/C=C(C/C=C\C)/C(N)=N/C(=O)OC)CN1C(=O)OC(C)(C)C. The van der Waals surface area contributed by atoms with E-state index in [1.165, 1.54) is 18.1 Å². The number of likely N-dealkylation sites (tertiary alicyclic amines) is 1. The molecule has 1 saturated heterocycles. The van der Waals surface area contributed by atoms with Gasteiger partial charge in [-0.1, -0.05) is 30.9 Å². The number of ether oxygens (including phenoxy) is 4. The van der Waals surface area contributed by atoms with E-state index in [4.69, 9.17) is 19.9 Å². The lowest BCUT2D eigenvalue weighted by molar-refractivity contribution is -0.147. The Hall–Kier alpha value is -3.14. The number of carbonyl (C=O) groups excluding carboxylic acids is 3. The fourth-order valence-corrected chi connectivity index (χ4v) is 2.94. The third-order valence-corrected chi connectivity index (χ3v) is 4.46. The Labute approximate surface area is 195 Å². The van der Waals surface area contributed by atoms with Gasteiger partial charge in [0.15, 0.2) is 0 Å². The van der Waals surface area contributed by atoms with E-state index in [0.717, 1.165) is 0 Å². The lowest BCUT2D eigenvalue weighted by atomic mass is 10.1. The Kier molecular flexibility index (Phi) is 11.3. The summed E-state index contributed by atoms with van der Waals surface area (Å²) in [6.45, 7) is 11.0. The monoisotopic (exact) mass is 465 g/mol. The van der Waals surface area contributed by atoms with E-state index >= 15 is 0 Å². The zero-order chi connectivity index (χ0) is 25.0. The fourth-order valence-electron chi connectivity index (χ4n) is 2.94. The van der Waals surface area contributed by atoms with Crippen molar-refractivity contribution in [3.05, 3.63) is 36.5 Å². The van der Waals surface area contributed by atoms with Gasteiger partial charge in [-0.3, -0.25) is 4.90 Å². The molecule has 0 aromatic carbocycles. The third-order valence-electron chi connectivity index (χ3n) is 4.46. The molecule has 0 unspecified atom stereocenters. The molecule has 0 spiro atoms. The second-order valence-electron chi connectivity index (χ2n) is 8.23. The third kappa shape index (κ3) is 9.90. The van der Waals surface area contributed by atoms with E-state index in [1.807, 2.05) is 19.1 Å². The summed E-state index contributed by atoms with van der Waals surface area (Å²) in [4.78, 5) is 41.5. The van der Waals surface area contributed by atoms with Gasteiger partial charge in [0.2, 0.25) is 0 Å². The number of rotatable bonds is 9. The summed E-state index contributed by atoms with van der Waals surface area (Å²) >= 11 is 0. The number of amidine groups is 1. The van der Waals surface area contributed by atoms with Crippen molar-refractivity contribution >= 4 is 24.0 Å². The van der Waals surface area contributed by atoms with Crippen molar-refractivity contribution in [1.29, 1.82) is 0 Å². The van der Waals surface area contributed by atoms with Crippen LogP contribution in [0, 0.1) is 0 Å². The van der Waals surface area contributed by atoms with Crippen molar-refractivity contribution < 1.29 is 33.3 Å². The molecule has 0 saturated carbocycles. The molecule has 2 amide bonds. The molecule has 2 N–H and O–H groups in total. The second-order valence-corrected chi connectivity index (χ2v) is 8.23. The Balaban J connectivity index is 2.93. The predicted octanol–water partition coefficient (Wildman–Crippen LogP) is 3.13. The number of allylic oxidation sites excluding steroid dienone is 2. The van der Waals surface area contributed by atoms with Crippen LogP contribution >= 0.6 is 0 Å². The molecule has 0 aromatic heterocycles. The average molecular weight is 466 g/mol. The van der Waals surface area contributed by atoms with Crippen LogP contribution in [-0.2, 0) is 23.7 Å². The van der Waals surface area contributed by atoms with E-state index in [9.17, 15) is 14.4 Å². The minimum Gasteiger partial charge on any atom is -0.460 e. The van der Waals surface area contributed by atoms with Crippen molar-refractivity contribution in [3.8, 4) is 0 Å². The number of esters is 1. The maximum atomic E-state index is 12.6. The van der Waals surface area contributed by atoms with Gasteiger partial charge >= 0.3 is 18.2 Å². The molecule has 10 heteroatoms. The zero-order valence-electron chi connectivity index (χ0n) is 20.0. The Bertz CT molecular complexity index is 796. The molecule has 1 heterocycles. The van der Waals surface area contributed by atoms with E-state index < -0.39 is 35.9 Å². The van der Waals surface area contributed by atoms with Crippen LogP contribution in [0.3, 0.4) is 0 Å². The molecular formula is C23H35N3O7. The highest BCUT2D eigenvalue weighted by Gasteiger charge is 2.42. The number of amides is 2. The summed E-state index contributed by atoms with van der Waals surface area (Å²) in [5.41, 5.74) is 5.78. The smallest absolute Gasteiger partial charge is 0.435 e. The van der Waals surface area contributed by atoms with E-state index in [2.05, 4.69) is 16.3 Å². The number of nitrogens with zero attached hydrogens (tertiary/aromatic N) is 2. The predicted molar refractivity (Wildman–Crippen MR) is 124 cm³/mol. The molecule has 10 nitrogen and oxygen atoms in total. The molecule has 0 bridgehead atoms. The molecule has 184 valence electrons. The number of hydrogen-bond acceptors (Lipinski definition) is 7. The van der Waals surface area contributed by atoms with Crippen LogP contribution in [0.15, 0.2) is 41.4 Å². The van der Waals surface area contributed by atoms with Crippen molar-refractivity contribution in [2.24, 2.45) is 10.7 Å². The summed E-state index contributed by atoms with van der Waals surface area (Å²) in [5, 5.41) is 0. The van der Waals surface area contributed by atoms with E-state index in [0.29, 0.717) is 12.0 Å². The summed E-state index contributed by atoms with van der Waals surface area (Å²) in [6.07, 6.45) is 5.69. The molecule has 0 radical (unpaired) electrons. The van der Waals surface area contributed by atoms with E-state index in [1.54, 1.807) is 26.8 Å². The summed E-state index contributed by atoms with van der Waals surface area (Å²) in [7, 11) is 1.21. The van der Waals surface area contributed by atoms with Crippen LogP contribution < -0.4 is 5.73 Å². The molecule has 2 atom stereocenters. The summed E-state index contributed by atoms with van der Waals surface area (Å²) in [5.74, 6) is -0.526. The minimum atomic E-state index is -0.831. The second kappa shape index (κ2) is 13.4. The number of nitrogens with two attached hydrogens (primary N) is 1. The molecule has 1 aliphatic rings. The van der Waals surface area contributed by atoms with Crippen LogP contribution in [0.4, 0.5) is 9.59 Å². The van der Waals surface area contributed by atoms with Crippen LogP contribution in [0.2, 0.25) is 0 Å². The average Bonchev–Trinajstić information content (AvgIpc) is 3.17. The molecule has 0 aromatic rings. The van der Waals surface area contributed by atoms with Gasteiger partial charge in [-0.2, -0.15) is 4.99 Å². The quantitative estimate of drug-likeness (QED) is 0.181. The molecule has 33 heavy (non-hydrogen) atoms. The van der Waals surface area contributed by atoms with Gasteiger partial charge in [0.25, 0.3) is 0 Å². The van der Waals surface area contributed by atoms with Gasteiger partial charge in [0.1, 0.15) is 24.1 Å². The normalized spacial score (nSPS) is 19.5. The Morgan fingerprint density at radius 3 is 2.52 bits per heavy atom. The van der Waals surface area contributed by atoms with Crippen LogP contribution in [0.25, 0.3) is 0 Å². The first kappa shape index (κ1) is 27.9. The van der Waals surface area contributed by atoms with Gasteiger partial charge in [0.05, 0.1) is 26.4 Å². The molecule has 1 rings (SSSR count). The van der Waals surface area contributed by atoms with Gasteiger partial charge in [-0.15, -0.1) is 0 Å². The number of hydrogen-bond donors (Lipinski definition) is 1. The highest BCUT2D eigenvalue weighted by atomic mass is 16.6. The van der Waals surface area contributed by atoms with Gasteiger partial charge < -0.3 is 24.7 Å². The van der Waals surface area contributed by atoms with Crippen LogP contribution in [0.5, 0.6) is 0 Å².